The first-order valence-electron chi connectivity index (χ1n) is 6.32. The summed E-state index contributed by atoms with van der Waals surface area (Å²) in [5, 5.41) is 3.59. The second-order valence-electron chi connectivity index (χ2n) is 4.88. The van der Waals surface area contributed by atoms with Gasteiger partial charge in [-0.2, -0.15) is 0 Å². The minimum absolute atomic E-state index is 0.0363. The zero-order chi connectivity index (χ0) is 11.9. The van der Waals surface area contributed by atoms with Crippen LogP contribution in [0.4, 0.5) is 0 Å². The van der Waals surface area contributed by atoms with Gasteiger partial charge < -0.3 is 10.3 Å². The monoisotopic (exact) mass is 230 g/mol. The van der Waals surface area contributed by atoms with Crippen LogP contribution in [0.15, 0.2) is 12.1 Å². The summed E-state index contributed by atoms with van der Waals surface area (Å²) >= 11 is 0. The van der Waals surface area contributed by atoms with Gasteiger partial charge in [-0.05, 0) is 44.9 Å². The summed E-state index contributed by atoms with van der Waals surface area (Å²) in [6, 6.07) is 4.08. The van der Waals surface area contributed by atoms with E-state index in [0.29, 0.717) is 0 Å². The summed E-state index contributed by atoms with van der Waals surface area (Å²) in [5.74, 6) is 1.05. The highest BCUT2D eigenvalue weighted by Gasteiger charge is 2.36. The van der Waals surface area contributed by atoms with Gasteiger partial charge in [-0.1, -0.05) is 6.92 Å². The average Bonchev–Trinajstić information content (AvgIpc) is 2.94. The summed E-state index contributed by atoms with van der Waals surface area (Å²) in [7, 11) is 0. The molecule has 0 amide bonds. The standard InChI is InChI=1S/C13H18N4/c1-3-13(7-4-8-14-13)12-16-10-6-5-9(2)15-11(10)17-12/h5-6,14H,3-4,7-8H2,1-2H3,(H,15,16,17). The van der Waals surface area contributed by atoms with E-state index in [1.165, 1.54) is 6.42 Å². The van der Waals surface area contributed by atoms with Crippen LogP contribution in [0.2, 0.25) is 0 Å². The van der Waals surface area contributed by atoms with Crippen molar-refractivity contribution in [1.82, 2.24) is 20.3 Å². The third-order valence-corrected chi connectivity index (χ3v) is 3.79. The first-order valence-corrected chi connectivity index (χ1v) is 6.32. The maximum absolute atomic E-state index is 4.67. The van der Waals surface area contributed by atoms with Crippen molar-refractivity contribution in [3.05, 3.63) is 23.7 Å². The molecule has 2 aromatic rings. The minimum atomic E-state index is 0.0363. The Hall–Kier alpha value is -1.42. The number of nitrogens with one attached hydrogen (secondary N) is 2. The molecule has 1 unspecified atom stereocenters. The summed E-state index contributed by atoms with van der Waals surface area (Å²) in [5.41, 5.74) is 2.92. The molecule has 0 bridgehead atoms. The van der Waals surface area contributed by atoms with Gasteiger partial charge in [0, 0.05) is 5.69 Å². The van der Waals surface area contributed by atoms with Gasteiger partial charge in [-0.3, -0.25) is 0 Å². The Labute approximate surface area is 101 Å². The molecule has 17 heavy (non-hydrogen) atoms. The molecule has 1 atom stereocenters. The highest BCUT2D eigenvalue weighted by Crippen LogP contribution is 2.32. The third kappa shape index (κ3) is 1.63. The molecule has 0 radical (unpaired) electrons. The van der Waals surface area contributed by atoms with E-state index in [0.717, 1.165) is 42.1 Å². The van der Waals surface area contributed by atoms with Gasteiger partial charge in [-0.25, -0.2) is 9.97 Å². The van der Waals surface area contributed by atoms with Crippen LogP contribution in [0.3, 0.4) is 0 Å². The van der Waals surface area contributed by atoms with Crippen molar-refractivity contribution in [1.29, 1.82) is 0 Å². The SMILES string of the molecule is CCC1(c2nc3nc(C)ccc3[nH]2)CCCN1. The lowest BCUT2D eigenvalue weighted by molar-refractivity contribution is 0.356. The quantitative estimate of drug-likeness (QED) is 0.832. The van der Waals surface area contributed by atoms with E-state index in [4.69, 9.17) is 0 Å². The number of imidazole rings is 1. The second kappa shape index (κ2) is 3.81. The second-order valence-corrected chi connectivity index (χ2v) is 4.88. The Morgan fingerprint density at radius 3 is 2.94 bits per heavy atom. The predicted molar refractivity (Wildman–Crippen MR) is 67.8 cm³/mol. The lowest BCUT2D eigenvalue weighted by Crippen LogP contribution is -2.37. The van der Waals surface area contributed by atoms with Crippen molar-refractivity contribution in [2.45, 2.75) is 38.6 Å². The van der Waals surface area contributed by atoms with E-state index in [1.54, 1.807) is 0 Å². The van der Waals surface area contributed by atoms with Crippen molar-refractivity contribution < 1.29 is 0 Å². The highest BCUT2D eigenvalue weighted by molar-refractivity contribution is 5.70. The van der Waals surface area contributed by atoms with Crippen LogP contribution >= 0.6 is 0 Å². The van der Waals surface area contributed by atoms with E-state index in [-0.39, 0.29) is 5.54 Å². The van der Waals surface area contributed by atoms with E-state index in [2.05, 4.69) is 33.3 Å². The third-order valence-electron chi connectivity index (χ3n) is 3.79. The Morgan fingerprint density at radius 2 is 2.24 bits per heavy atom. The molecule has 1 aliphatic heterocycles. The molecule has 2 aromatic heterocycles. The Morgan fingerprint density at radius 1 is 1.35 bits per heavy atom. The van der Waals surface area contributed by atoms with Crippen LogP contribution in [0.25, 0.3) is 11.2 Å². The predicted octanol–water partition coefficient (Wildman–Crippen LogP) is 2.26. The average molecular weight is 230 g/mol. The number of nitrogens with zero attached hydrogens (tertiary/aromatic N) is 2. The van der Waals surface area contributed by atoms with Crippen LogP contribution < -0.4 is 5.32 Å². The maximum atomic E-state index is 4.67. The number of fused-ring (bicyclic) bond motifs is 1. The first-order chi connectivity index (χ1) is 8.23. The number of rotatable bonds is 2. The van der Waals surface area contributed by atoms with Crippen LogP contribution in [-0.2, 0) is 5.54 Å². The van der Waals surface area contributed by atoms with Crippen molar-refractivity contribution in [3.8, 4) is 0 Å². The molecule has 0 aliphatic carbocycles. The van der Waals surface area contributed by atoms with Crippen LogP contribution in [0.5, 0.6) is 0 Å². The molecule has 2 N–H and O–H groups in total. The largest absolute Gasteiger partial charge is 0.339 e. The molecule has 4 nitrogen and oxygen atoms in total. The molecule has 90 valence electrons. The molecule has 1 aliphatic rings. The van der Waals surface area contributed by atoms with Gasteiger partial charge in [0.05, 0.1) is 11.1 Å². The van der Waals surface area contributed by atoms with Gasteiger partial charge >= 0.3 is 0 Å². The zero-order valence-corrected chi connectivity index (χ0v) is 10.4. The van der Waals surface area contributed by atoms with Crippen LogP contribution in [-0.4, -0.2) is 21.5 Å². The molecule has 3 heterocycles. The topological polar surface area (TPSA) is 53.6 Å². The van der Waals surface area contributed by atoms with Crippen molar-refractivity contribution >= 4 is 11.2 Å². The number of hydrogen-bond donors (Lipinski definition) is 2. The summed E-state index contributed by atoms with van der Waals surface area (Å²) in [4.78, 5) is 12.6. The number of pyridine rings is 1. The molecular weight excluding hydrogens is 212 g/mol. The Balaban J connectivity index is 2.11. The van der Waals surface area contributed by atoms with Gasteiger partial charge in [0.15, 0.2) is 5.65 Å². The molecule has 1 fully saturated rings. The fraction of sp³-hybridized carbons (Fsp3) is 0.538. The van der Waals surface area contributed by atoms with Gasteiger partial charge in [0.1, 0.15) is 5.82 Å². The highest BCUT2D eigenvalue weighted by atomic mass is 15.1. The van der Waals surface area contributed by atoms with Crippen LogP contribution in [0, 0.1) is 6.92 Å². The van der Waals surface area contributed by atoms with E-state index < -0.39 is 0 Å². The summed E-state index contributed by atoms with van der Waals surface area (Å²) in [6.07, 6.45) is 3.44. The summed E-state index contributed by atoms with van der Waals surface area (Å²) in [6.45, 7) is 5.29. The van der Waals surface area contributed by atoms with Crippen molar-refractivity contribution in [2.75, 3.05) is 6.54 Å². The molecule has 1 saturated heterocycles. The van der Waals surface area contributed by atoms with Crippen LogP contribution in [0.1, 0.15) is 37.7 Å². The van der Waals surface area contributed by atoms with Gasteiger partial charge in [0.25, 0.3) is 0 Å². The molecule has 3 rings (SSSR count). The maximum Gasteiger partial charge on any atom is 0.178 e. The molecule has 4 heteroatoms. The number of aromatic nitrogens is 3. The Bertz CT molecular complexity index is 537. The fourth-order valence-electron chi connectivity index (χ4n) is 2.69. The number of aromatic amines is 1. The number of H-pyrrole nitrogens is 1. The number of hydrogen-bond acceptors (Lipinski definition) is 3. The lowest BCUT2D eigenvalue weighted by Gasteiger charge is -2.25. The van der Waals surface area contributed by atoms with E-state index in [9.17, 15) is 0 Å². The van der Waals surface area contributed by atoms with Crippen molar-refractivity contribution in [2.24, 2.45) is 0 Å². The minimum Gasteiger partial charge on any atom is -0.339 e. The zero-order valence-electron chi connectivity index (χ0n) is 10.4. The summed E-state index contributed by atoms with van der Waals surface area (Å²) < 4.78 is 0. The fourth-order valence-corrected chi connectivity index (χ4v) is 2.69. The van der Waals surface area contributed by atoms with Crippen molar-refractivity contribution in [3.63, 3.8) is 0 Å². The molecule has 0 saturated carbocycles. The molecule has 0 spiro atoms. The molecule has 0 aromatic carbocycles. The van der Waals surface area contributed by atoms with E-state index in [1.807, 2.05) is 13.0 Å². The first kappa shape index (κ1) is 10.7. The normalized spacial score (nSPS) is 24.6. The smallest absolute Gasteiger partial charge is 0.178 e. The van der Waals surface area contributed by atoms with E-state index >= 15 is 0 Å². The molecular formula is C13H18N4. The lowest BCUT2D eigenvalue weighted by atomic mass is 9.93. The van der Waals surface area contributed by atoms with Gasteiger partial charge in [0.2, 0.25) is 0 Å². The van der Waals surface area contributed by atoms with Gasteiger partial charge in [-0.15, -0.1) is 0 Å². The Kier molecular flexibility index (Phi) is 2.40. The number of aryl methyl sites for hydroxylation is 1.